The van der Waals surface area contributed by atoms with E-state index in [0.29, 0.717) is 58.5 Å². The highest BCUT2D eigenvalue weighted by Gasteiger charge is 2.20. The first-order chi connectivity index (χ1) is 26.2. The zero-order chi connectivity index (χ0) is 39.7. The van der Waals surface area contributed by atoms with Crippen LogP contribution < -0.4 is 0 Å². The quantitative estimate of drug-likeness (QED) is 0.0371. The van der Waals surface area contributed by atoms with Crippen LogP contribution in [0.25, 0.3) is 0 Å². The van der Waals surface area contributed by atoms with E-state index in [1.54, 1.807) is 6.20 Å². The molecule has 0 bridgehead atoms. The molecule has 0 fully saturated rings. The fourth-order valence-electron chi connectivity index (χ4n) is 6.32. The molecule has 312 valence electrons. The third-order valence-electron chi connectivity index (χ3n) is 9.93. The number of carbonyl (C=O) groups excluding carboxylic acids is 4. The second kappa shape index (κ2) is 33.4. The average molecular weight is 764 g/mol. The molecule has 2 unspecified atom stereocenters. The Morgan fingerprint density at radius 2 is 0.981 bits per heavy atom. The van der Waals surface area contributed by atoms with Crippen LogP contribution in [0.1, 0.15) is 175 Å². The third kappa shape index (κ3) is 25.2. The molecule has 1 heterocycles. The maximum absolute atomic E-state index is 12.7. The van der Waals surface area contributed by atoms with Gasteiger partial charge in [-0.25, -0.2) is 4.98 Å². The van der Waals surface area contributed by atoms with Crippen molar-refractivity contribution in [1.29, 1.82) is 0 Å². The molecule has 0 saturated heterocycles. The van der Waals surface area contributed by atoms with Gasteiger partial charge >= 0.3 is 23.9 Å². The number of nitrogens with zero attached hydrogens (tertiary/aromatic N) is 3. The number of ether oxygens (including phenoxy) is 4. The van der Waals surface area contributed by atoms with E-state index in [9.17, 15) is 19.2 Å². The maximum atomic E-state index is 12.7. The summed E-state index contributed by atoms with van der Waals surface area (Å²) in [5, 5.41) is 0. The van der Waals surface area contributed by atoms with Crippen LogP contribution in [0.2, 0.25) is 0 Å². The van der Waals surface area contributed by atoms with Crippen LogP contribution in [0.4, 0.5) is 0 Å². The Morgan fingerprint density at radius 1 is 0.574 bits per heavy atom. The molecule has 11 nitrogen and oxygen atoms in total. The Hall–Kier alpha value is -2.95. The first-order valence-electron chi connectivity index (χ1n) is 21.6. The highest BCUT2D eigenvalue weighted by atomic mass is 16.5. The number of esters is 4. The summed E-state index contributed by atoms with van der Waals surface area (Å²) in [6, 6.07) is 0. The molecular weight excluding hydrogens is 686 g/mol. The summed E-state index contributed by atoms with van der Waals surface area (Å²) < 4.78 is 24.0. The number of aryl methyl sites for hydroxylation is 1. The van der Waals surface area contributed by atoms with Gasteiger partial charge in [0.05, 0.1) is 57.6 Å². The molecule has 0 saturated carbocycles. The van der Waals surface area contributed by atoms with Crippen molar-refractivity contribution < 1.29 is 38.1 Å². The molecule has 2 atom stereocenters. The Morgan fingerprint density at radius 3 is 1.37 bits per heavy atom. The largest absolute Gasteiger partial charge is 0.466 e. The monoisotopic (exact) mass is 764 g/mol. The van der Waals surface area contributed by atoms with E-state index in [2.05, 4.69) is 32.7 Å². The number of carbonyl (C=O) groups is 4. The van der Waals surface area contributed by atoms with Crippen LogP contribution in [0.3, 0.4) is 0 Å². The van der Waals surface area contributed by atoms with Crippen molar-refractivity contribution in [3.8, 4) is 0 Å². The molecule has 1 rings (SSSR count). The van der Waals surface area contributed by atoms with Gasteiger partial charge in [0.25, 0.3) is 0 Å². The van der Waals surface area contributed by atoms with Gasteiger partial charge in [-0.3, -0.25) is 24.1 Å². The van der Waals surface area contributed by atoms with Gasteiger partial charge in [0, 0.05) is 32.5 Å². The van der Waals surface area contributed by atoms with Gasteiger partial charge in [-0.2, -0.15) is 0 Å². The van der Waals surface area contributed by atoms with Crippen LogP contribution >= 0.6 is 0 Å². The molecule has 0 N–H and O–H groups in total. The van der Waals surface area contributed by atoms with E-state index >= 15 is 0 Å². The minimum atomic E-state index is -0.306. The van der Waals surface area contributed by atoms with Gasteiger partial charge in [-0.1, -0.05) is 105 Å². The summed E-state index contributed by atoms with van der Waals surface area (Å²) in [5.74, 6) is 0.000570. The first kappa shape index (κ1) is 49.1. The Bertz CT molecular complexity index is 1050. The Balaban J connectivity index is 2.36. The van der Waals surface area contributed by atoms with Gasteiger partial charge in [-0.15, -0.1) is 0 Å². The van der Waals surface area contributed by atoms with Crippen LogP contribution in [0.15, 0.2) is 12.4 Å². The summed E-state index contributed by atoms with van der Waals surface area (Å²) in [5.41, 5.74) is 0. The lowest BCUT2D eigenvalue weighted by Crippen LogP contribution is -2.30. The van der Waals surface area contributed by atoms with Gasteiger partial charge in [0.2, 0.25) is 0 Å². The van der Waals surface area contributed by atoms with E-state index < -0.39 is 0 Å². The predicted octanol–water partition coefficient (Wildman–Crippen LogP) is 9.29. The number of hydrogen-bond donors (Lipinski definition) is 0. The normalized spacial score (nSPS) is 12.4. The standard InChI is InChI=1S/C43H77N3O8/c1-6-10-14-16-24-37(22-12-8-3)42(49)53-34-20-18-32-51-40(47)26-29-46(36-39-44-28-31-45(39)5)30-27-41(48)52-33-19-21-35-54-43(50)38(23-13-9-4)25-17-15-11-7-2/h28,31,37-38H,6-27,29-30,32-36H2,1-5H3. The smallest absolute Gasteiger partial charge is 0.308 e. The van der Waals surface area contributed by atoms with Crippen molar-refractivity contribution in [1.82, 2.24) is 14.5 Å². The molecule has 0 radical (unpaired) electrons. The van der Waals surface area contributed by atoms with E-state index in [0.717, 1.165) is 82.9 Å². The molecule has 0 spiro atoms. The van der Waals surface area contributed by atoms with E-state index in [4.69, 9.17) is 18.9 Å². The fourth-order valence-corrected chi connectivity index (χ4v) is 6.32. The first-order valence-corrected chi connectivity index (χ1v) is 21.6. The zero-order valence-corrected chi connectivity index (χ0v) is 34.9. The minimum Gasteiger partial charge on any atom is -0.466 e. The van der Waals surface area contributed by atoms with Crippen LogP contribution in [0.5, 0.6) is 0 Å². The van der Waals surface area contributed by atoms with E-state index in [1.165, 1.54) is 25.7 Å². The van der Waals surface area contributed by atoms with Gasteiger partial charge < -0.3 is 23.5 Å². The fraction of sp³-hybridized carbons (Fsp3) is 0.837. The highest BCUT2D eigenvalue weighted by Crippen LogP contribution is 2.20. The van der Waals surface area contributed by atoms with Gasteiger partial charge in [0.15, 0.2) is 0 Å². The number of rotatable bonds is 36. The minimum absolute atomic E-state index is 0.0174. The van der Waals surface area contributed by atoms with Crippen molar-refractivity contribution in [2.45, 2.75) is 175 Å². The van der Waals surface area contributed by atoms with Gasteiger partial charge in [-0.05, 0) is 51.4 Å². The van der Waals surface area contributed by atoms with Crippen LogP contribution in [-0.4, -0.2) is 77.8 Å². The van der Waals surface area contributed by atoms with Crippen molar-refractivity contribution in [2.24, 2.45) is 18.9 Å². The molecule has 11 heteroatoms. The Kier molecular flexibility index (Phi) is 30.3. The summed E-state index contributed by atoms with van der Waals surface area (Å²) in [6.07, 6.45) is 23.5. The summed E-state index contributed by atoms with van der Waals surface area (Å²) in [6.45, 7) is 11.2. The molecule has 0 aliphatic heterocycles. The number of unbranched alkanes of at least 4 members (excludes halogenated alkanes) is 10. The summed E-state index contributed by atoms with van der Waals surface area (Å²) in [7, 11) is 1.91. The number of aromatic nitrogens is 2. The topological polar surface area (TPSA) is 126 Å². The molecule has 1 aromatic heterocycles. The molecule has 0 amide bonds. The molecule has 0 aliphatic rings. The van der Waals surface area contributed by atoms with Crippen molar-refractivity contribution in [3.63, 3.8) is 0 Å². The number of imidazole rings is 1. The molecule has 0 aliphatic carbocycles. The SMILES string of the molecule is CCCCCCC(CCCC)C(=O)OCCCCOC(=O)CCN(CCC(=O)OCCCCOC(=O)C(CCCC)CCCCCC)Cc1nccn1C. The third-order valence-corrected chi connectivity index (χ3v) is 9.93. The van der Waals surface area contributed by atoms with E-state index in [-0.39, 0.29) is 61.8 Å². The lowest BCUT2D eigenvalue weighted by molar-refractivity contribution is -0.150. The number of hydrogen-bond acceptors (Lipinski definition) is 10. The molecule has 1 aromatic rings. The summed E-state index contributed by atoms with van der Waals surface area (Å²) >= 11 is 0. The lowest BCUT2D eigenvalue weighted by atomic mass is 9.95. The Labute approximate surface area is 328 Å². The van der Waals surface area contributed by atoms with Crippen LogP contribution in [0, 0.1) is 11.8 Å². The highest BCUT2D eigenvalue weighted by molar-refractivity contribution is 5.73. The summed E-state index contributed by atoms with van der Waals surface area (Å²) in [4.78, 5) is 56.9. The van der Waals surface area contributed by atoms with Crippen molar-refractivity contribution >= 4 is 23.9 Å². The van der Waals surface area contributed by atoms with Crippen molar-refractivity contribution in [3.05, 3.63) is 18.2 Å². The maximum Gasteiger partial charge on any atom is 0.308 e. The van der Waals surface area contributed by atoms with Gasteiger partial charge in [0.1, 0.15) is 5.82 Å². The zero-order valence-electron chi connectivity index (χ0n) is 34.9. The lowest BCUT2D eigenvalue weighted by Gasteiger charge is -2.21. The van der Waals surface area contributed by atoms with Crippen molar-refractivity contribution in [2.75, 3.05) is 39.5 Å². The van der Waals surface area contributed by atoms with E-state index in [1.807, 2.05) is 22.7 Å². The molecule has 0 aromatic carbocycles. The average Bonchev–Trinajstić information content (AvgIpc) is 3.57. The predicted molar refractivity (Wildman–Crippen MR) is 214 cm³/mol. The second-order valence-corrected chi connectivity index (χ2v) is 14.8. The van der Waals surface area contributed by atoms with Crippen LogP contribution in [-0.2, 0) is 51.7 Å². The second-order valence-electron chi connectivity index (χ2n) is 14.8. The molecule has 54 heavy (non-hydrogen) atoms. The molecular formula is C43H77N3O8.